The summed E-state index contributed by atoms with van der Waals surface area (Å²) in [5.74, 6) is -0.690. The number of aromatic nitrogens is 1. The number of ether oxygens (including phenoxy) is 1. The van der Waals surface area contributed by atoms with Crippen molar-refractivity contribution in [2.75, 3.05) is 13.7 Å². The van der Waals surface area contributed by atoms with E-state index in [2.05, 4.69) is 14.8 Å². The zero-order valence-electron chi connectivity index (χ0n) is 14.7. The Morgan fingerprint density at radius 1 is 1.32 bits per heavy atom. The quantitative estimate of drug-likeness (QED) is 0.236. The molecule has 0 aliphatic carbocycles. The molecule has 0 saturated carbocycles. The van der Waals surface area contributed by atoms with Gasteiger partial charge in [0.25, 0.3) is 4.92 Å². The van der Waals surface area contributed by atoms with Crippen LogP contribution in [0.25, 0.3) is 0 Å². The maximum absolute atomic E-state index is 11.8. The molecule has 0 spiro atoms. The summed E-state index contributed by atoms with van der Waals surface area (Å²) in [7, 11) is 1.24. The van der Waals surface area contributed by atoms with Gasteiger partial charge in [-0.2, -0.15) is 4.99 Å². The Kier molecular flexibility index (Phi) is 8.17. The Morgan fingerprint density at radius 3 is 2.60 bits per heavy atom. The second kappa shape index (κ2) is 10.1. The van der Waals surface area contributed by atoms with Crippen molar-refractivity contribution >= 4 is 23.4 Å². The second-order valence-electron chi connectivity index (χ2n) is 5.20. The van der Waals surface area contributed by atoms with E-state index in [4.69, 9.17) is 10.5 Å². The van der Waals surface area contributed by atoms with Gasteiger partial charge in [-0.05, 0) is 32.3 Å². The van der Waals surface area contributed by atoms with Gasteiger partial charge in [-0.15, -0.1) is 0 Å². The number of rotatable bonds is 9. The molecule has 1 amide bonds. The summed E-state index contributed by atoms with van der Waals surface area (Å²) in [6, 6.07) is 1.53. The first kappa shape index (κ1) is 20.2. The number of unbranched alkanes of at least 4 members (excludes halogenated alkanes) is 1. The van der Waals surface area contributed by atoms with Crippen molar-refractivity contribution < 1.29 is 24.1 Å². The van der Waals surface area contributed by atoms with Crippen molar-refractivity contribution in [3.05, 3.63) is 28.4 Å². The molecule has 9 nitrogen and oxygen atoms in total. The highest BCUT2D eigenvalue weighted by Crippen LogP contribution is 2.15. The molecule has 0 bridgehead atoms. The Labute approximate surface area is 145 Å². The largest absolute Gasteiger partial charge is 0.466 e. The number of amidine groups is 1. The summed E-state index contributed by atoms with van der Waals surface area (Å²) in [4.78, 5) is 47.1. The van der Waals surface area contributed by atoms with Crippen LogP contribution in [0.15, 0.2) is 17.3 Å². The zero-order valence-corrected chi connectivity index (χ0v) is 14.7. The van der Waals surface area contributed by atoms with E-state index in [0.29, 0.717) is 35.6 Å². The third-order valence-electron chi connectivity index (χ3n) is 3.26. The molecule has 25 heavy (non-hydrogen) atoms. The van der Waals surface area contributed by atoms with Gasteiger partial charge in [-0.1, -0.05) is 0 Å². The highest BCUT2D eigenvalue weighted by atomic mass is 16.8. The molecule has 0 unspecified atom stereocenters. The molecule has 0 atom stereocenters. The SMILES string of the molecule is CCOC(=O)CCCCC(=O)N=C(N)c1ncc([N+](=O)OC)cc1C. The van der Waals surface area contributed by atoms with E-state index in [0.717, 1.165) is 0 Å². The summed E-state index contributed by atoms with van der Waals surface area (Å²) in [6.07, 6.45) is 2.79. The summed E-state index contributed by atoms with van der Waals surface area (Å²) in [5.41, 5.74) is 6.94. The normalized spacial score (nSPS) is 11.1. The first-order chi connectivity index (χ1) is 11.9. The van der Waals surface area contributed by atoms with Crippen LogP contribution in [-0.2, 0) is 19.2 Å². The maximum Gasteiger partial charge on any atom is 0.335 e. The van der Waals surface area contributed by atoms with E-state index < -0.39 is 5.91 Å². The van der Waals surface area contributed by atoms with Gasteiger partial charge in [0.15, 0.2) is 12.9 Å². The van der Waals surface area contributed by atoms with Crippen LogP contribution in [0.2, 0.25) is 0 Å². The molecular formula is C16H23N4O5+. The minimum atomic E-state index is -0.394. The highest BCUT2D eigenvalue weighted by molar-refractivity contribution is 6.03. The summed E-state index contributed by atoms with van der Waals surface area (Å²) >= 11 is 0. The topological polar surface area (TPSA) is 124 Å². The average Bonchev–Trinajstić information content (AvgIpc) is 2.58. The molecule has 9 heteroatoms. The molecule has 0 saturated heterocycles. The summed E-state index contributed by atoms with van der Waals surface area (Å²) in [5, 5.41) is 0. The van der Waals surface area contributed by atoms with Gasteiger partial charge in [0.2, 0.25) is 5.91 Å². The van der Waals surface area contributed by atoms with Crippen LogP contribution in [0.3, 0.4) is 0 Å². The van der Waals surface area contributed by atoms with Gasteiger partial charge >= 0.3 is 11.7 Å². The number of hydrogen-bond acceptors (Lipinski definition) is 6. The molecule has 2 N–H and O–H groups in total. The number of esters is 1. The van der Waals surface area contributed by atoms with Gasteiger partial charge in [0.1, 0.15) is 11.9 Å². The number of amides is 1. The number of aliphatic imine (C=N–C) groups is 1. The molecule has 0 aromatic carbocycles. The van der Waals surface area contributed by atoms with Crippen molar-refractivity contribution in [1.82, 2.24) is 4.98 Å². The minimum Gasteiger partial charge on any atom is -0.466 e. The van der Waals surface area contributed by atoms with Gasteiger partial charge in [0.05, 0.1) is 11.5 Å². The minimum absolute atomic E-state index is 0.0192. The molecule has 0 aliphatic heterocycles. The molecule has 136 valence electrons. The van der Waals surface area contributed by atoms with E-state index >= 15 is 0 Å². The molecular weight excluding hydrogens is 328 g/mol. The number of nitrogens with two attached hydrogens (primary N) is 1. The van der Waals surface area contributed by atoms with E-state index in [1.807, 2.05) is 0 Å². The van der Waals surface area contributed by atoms with Crippen molar-refractivity contribution in [3.8, 4) is 0 Å². The number of carbonyl (C=O) groups excluding carboxylic acids is 2. The fourth-order valence-electron chi connectivity index (χ4n) is 2.06. The van der Waals surface area contributed by atoms with Gasteiger partial charge in [-0.25, -0.2) is 9.82 Å². The molecule has 1 aromatic heterocycles. The number of pyridine rings is 1. The Bertz CT molecular complexity index is 672. The van der Waals surface area contributed by atoms with Crippen molar-refractivity contribution in [2.45, 2.75) is 39.5 Å². The standard InChI is InChI=1S/C16H22N4O5/c1-4-25-14(22)8-6-5-7-13(21)19-16(17)15-11(2)9-12(10-18-15)20(23)24-3/h9-10H,4-8H2,1-3H3,(H-,17,19,21)/p+1. The zero-order chi connectivity index (χ0) is 18.8. The number of aryl methyl sites for hydroxylation is 1. The molecule has 0 aliphatic rings. The van der Waals surface area contributed by atoms with E-state index in [9.17, 15) is 14.5 Å². The smallest absolute Gasteiger partial charge is 0.335 e. The first-order valence-corrected chi connectivity index (χ1v) is 7.90. The lowest BCUT2D eigenvalue weighted by atomic mass is 10.2. The van der Waals surface area contributed by atoms with Crippen LogP contribution in [0, 0.1) is 11.8 Å². The van der Waals surface area contributed by atoms with Gasteiger partial charge in [0, 0.05) is 18.9 Å². The van der Waals surface area contributed by atoms with Crippen LogP contribution >= 0.6 is 0 Å². The average molecular weight is 351 g/mol. The molecule has 0 radical (unpaired) electrons. The molecule has 0 fully saturated rings. The van der Waals surface area contributed by atoms with Crippen LogP contribution in [-0.4, -0.2) is 41.3 Å². The lowest BCUT2D eigenvalue weighted by molar-refractivity contribution is -0.736. The summed E-state index contributed by atoms with van der Waals surface area (Å²) in [6.45, 7) is 3.78. The van der Waals surface area contributed by atoms with E-state index in [1.165, 1.54) is 19.4 Å². The van der Waals surface area contributed by atoms with Crippen LogP contribution in [0.5, 0.6) is 0 Å². The number of carbonyl (C=O) groups is 2. The van der Waals surface area contributed by atoms with Crippen molar-refractivity contribution in [3.63, 3.8) is 0 Å². The van der Waals surface area contributed by atoms with Crippen molar-refractivity contribution in [2.24, 2.45) is 10.7 Å². The molecule has 1 heterocycles. The lowest BCUT2D eigenvalue weighted by Gasteiger charge is -2.03. The van der Waals surface area contributed by atoms with E-state index in [-0.39, 0.29) is 30.3 Å². The van der Waals surface area contributed by atoms with Gasteiger partial charge < -0.3 is 10.5 Å². The third-order valence-corrected chi connectivity index (χ3v) is 3.26. The van der Waals surface area contributed by atoms with Crippen LogP contribution in [0.1, 0.15) is 43.9 Å². The van der Waals surface area contributed by atoms with Crippen molar-refractivity contribution in [1.29, 1.82) is 0 Å². The second-order valence-corrected chi connectivity index (χ2v) is 5.20. The Morgan fingerprint density at radius 2 is 2.00 bits per heavy atom. The molecule has 1 aromatic rings. The fourth-order valence-corrected chi connectivity index (χ4v) is 2.06. The van der Waals surface area contributed by atoms with Crippen LogP contribution < -0.4 is 5.73 Å². The predicted octanol–water partition coefficient (Wildman–Crippen LogP) is 1.72. The molecule has 1 rings (SSSR count). The lowest BCUT2D eigenvalue weighted by Crippen LogP contribution is -2.19. The Hall–Kier alpha value is -2.84. The summed E-state index contributed by atoms with van der Waals surface area (Å²) < 4.78 is 4.80. The first-order valence-electron chi connectivity index (χ1n) is 7.90. The number of hydrogen-bond donors (Lipinski definition) is 1. The fraction of sp³-hybridized carbons (Fsp3) is 0.500. The maximum atomic E-state index is 11.8. The third kappa shape index (κ3) is 6.66. The highest BCUT2D eigenvalue weighted by Gasteiger charge is 2.18. The number of nitrogens with zero attached hydrogens (tertiary/aromatic N) is 3. The predicted molar refractivity (Wildman–Crippen MR) is 90.1 cm³/mol. The van der Waals surface area contributed by atoms with E-state index in [1.54, 1.807) is 13.8 Å². The van der Waals surface area contributed by atoms with Crippen LogP contribution in [0.4, 0.5) is 5.69 Å². The monoisotopic (exact) mass is 351 g/mol. The van der Waals surface area contributed by atoms with Gasteiger partial charge in [-0.3, -0.25) is 9.59 Å². The Balaban J connectivity index is 2.60.